The number of nitrogens with zero attached hydrogens (tertiary/aromatic N) is 3. The number of hydrazone groups is 1. The minimum absolute atomic E-state index is 0.714. The highest BCUT2D eigenvalue weighted by molar-refractivity contribution is 7.19. The van der Waals surface area contributed by atoms with Gasteiger partial charge >= 0.3 is 11.9 Å². The Morgan fingerprint density at radius 3 is 2.69 bits per heavy atom. The lowest BCUT2D eigenvalue weighted by atomic mass is 9.97. The summed E-state index contributed by atoms with van der Waals surface area (Å²) in [6.07, 6.45) is 8.90. The summed E-state index contributed by atoms with van der Waals surface area (Å²) in [6, 6.07) is 3.71. The molecule has 0 aromatic carbocycles. The second-order valence-corrected chi connectivity index (χ2v) is 7.31. The minimum atomic E-state index is -1.82. The maximum absolute atomic E-state index is 9.10. The Balaban J connectivity index is 0.000000353. The van der Waals surface area contributed by atoms with Gasteiger partial charge in [0.2, 0.25) is 0 Å². The third-order valence-corrected chi connectivity index (χ3v) is 5.45. The Bertz CT molecular complexity index is 1030. The molecule has 0 bridgehead atoms. The lowest BCUT2D eigenvalue weighted by molar-refractivity contribution is -0.159. The Labute approximate surface area is 170 Å². The fourth-order valence-electron chi connectivity index (χ4n) is 2.96. The molecule has 4 rings (SSSR count). The van der Waals surface area contributed by atoms with Crippen molar-refractivity contribution >= 4 is 45.5 Å². The average molecular weight is 416 g/mol. The molecule has 0 amide bonds. The fourth-order valence-corrected chi connectivity index (χ4v) is 4.24. The molecule has 29 heavy (non-hydrogen) atoms. The zero-order chi connectivity index (χ0) is 20.8. The van der Waals surface area contributed by atoms with Gasteiger partial charge in [-0.1, -0.05) is 6.92 Å². The van der Waals surface area contributed by atoms with Crippen molar-refractivity contribution in [3.63, 3.8) is 0 Å². The van der Waals surface area contributed by atoms with Crippen LogP contribution in [-0.4, -0.2) is 38.3 Å². The van der Waals surface area contributed by atoms with Crippen LogP contribution < -0.4 is 5.43 Å². The number of thiophene rings is 1. The number of carboxylic acids is 2. The number of fused-ring (bicyclic) bond motifs is 3. The molecule has 1 aliphatic carbocycles. The first-order valence-electron chi connectivity index (χ1n) is 9.09. The molecule has 3 heterocycles. The molecule has 0 saturated carbocycles. The molecule has 9 nitrogen and oxygen atoms in total. The normalized spacial score (nSPS) is 13.0. The Kier molecular flexibility index (Phi) is 6.55. The van der Waals surface area contributed by atoms with Crippen molar-refractivity contribution in [2.24, 2.45) is 5.10 Å². The van der Waals surface area contributed by atoms with Gasteiger partial charge in [0.1, 0.15) is 16.4 Å². The van der Waals surface area contributed by atoms with E-state index in [4.69, 9.17) is 29.2 Å². The van der Waals surface area contributed by atoms with Crippen LogP contribution in [-0.2, 0) is 28.9 Å². The molecule has 0 saturated heterocycles. The fraction of sp³-hybridized carbons (Fsp3) is 0.316. The second-order valence-electron chi connectivity index (χ2n) is 6.23. The summed E-state index contributed by atoms with van der Waals surface area (Å²) in [5.41, 5.74) is 4.51. The zero-order valence-corrected chi connectivity index (χ0v) is 16.5. The summed E-state index contributed by atoms with van der Waals surface area (Å²) in [6.45, 7) is 2.07. The molecule has 152 valence electrons. The third kappa shape index (κ3) is 4.96. The van der Waals surface area contributed by atoms with Crippen molar-refractivity contribution in [1.29, 1.82) is 0 Å². The molecule has 0 fully saturated rings. The van der Waals surface area contributed by atoms with Gasteiger partial charge in [0.25, 0.3) is 0 Å². The van der Waals surface area contributed by atoms with Crippen LogP contribution in [0.15, 0.2) is 27.9 Å². The van der Waals surface area contributed by atoms with E-state index in [0.717, 1.165) is 41.1 Å². The lowest BCUT2D eigenvalue weighted by Gasteiger charge is -2.11. The number of hydrogen-bond acceptors (Lipinski definition) is 8. The Morgan fingerprint density at radius 2 is 2.03 bits per heavy atom. The first-order valence-corrected chi connectivity index (χ1v) is 9.91. The number of rotatable bonds is 4. The number of carboxylic acid groups (broad SMARTS) is 2. The SMILES string of the molecule is CCc1nc(N/N=C/c2ccco2)c2c3c(sc2n1)CCCC3.O=C(O)C(=O)O. The molecule has 3 aromatic rings. The molecule has 1 aliphatic rings. The van der Waals surface area contributed by atoms with Crippen LogP contribution in [0.5, 0.6) is 0 Å². The van der Waals surface area contributed by atoms with Crippen molar-refractivity contribution < 1.29 is 24.2 Å². The quantitative estimate of drug-likeness (QED) is 0.334. The standard InChI is InChI=1S/C17H18N4OS.C2H2O4/c1-2-14-19-16(21-18-10-11-6-5-9-22-11)15-12-7-3-4-8-13(12)23-17(15)20-14;3-1(4)2(5)6/h5-6,9-10H,2-4,7-8H2,1H3,(H,19,20,21);(H,3,4)(H,5,6)/b18-10+;. The minimum Gasteiger partial charge on any atom is -0.473 e. The van der Waals surface area contributed by atoms with Crippen LogP contribution in [0.25, 0.3) is 10.2 Å². The number of furan rings is 1. The first kappa shape index (κ1) is 20.5. The summed E-state index contributed by atoms with van der Waals surface area (Å²) in [7, 11) is 0. The molecule has 0 unspecified atom stereocenters. The number of anilines is 1. The summed E-state index contributed by atoms with van der Waals surface area (Å²) < 4.78 is 5.26. The number of carbonyl (C=O) groups is 2. The van der Waals surface area contributed by atoms with Crippen LogP contribution in [0.1, 0.15) is 41.8 Å². The van der Waals surface area contributed by atoms with Crippen LogP contribution in [0.4, 0.5) is 5.82 Å². The van der Waals surface area contributed by atoms with Crippen LogP contribution in [0, 0.1) is 0 Å². The lowest BCUT2D eigenvalue weighted by Crippen LogP contribution is -2.09. The molecule has 3 N–H and O–H groups in total. The van der Waals surface area contributed by atoms with Crippen molar-refractivity contribution in [2.45, 2.75) is 39.0 Å². The smallest absolute Gasteiger partial charge is 0.414 e. The van der Waals surface area contributed by atoms with E-state index in [2.05, 4.69) is 22.4 Å². The first-order chi connectivity index (χ1) is 14.0. The topological polar surface area (TPSA) is 138 Å². The van der Waals surface area contributed by atoms with Crippen LogP contribution in [0.2, 0.25) is 0 Å². The van der Waals surface area contributed by atoms with Gasteiger partial charge in [-0.3, -0.25) is 5.43 Å². The van der Waals surface area contributed by atoms with Gasteiger partial charge in [0, 0.05) is 11.3 Å². The summed E-state index contributed by atoms with van der Waals surface area (Å²) in [4.78, 5) is 30.1. The molecule has 10 heteroatoms. The third-order valence-electron chi connectivity index (χ3n) is 4.27. The van der Waals surface area contributed by atoms with Gasteiger partial charge in [-0.2, -0.15) is 5.10 Å². The maximum atomic E-state index is 9.10. The van der Waals surface area contributed by atoms with Crippen LogP contribution >= 0.6 is 11.3 Å². The highest BCUT2D eigenvalue weighted by atomic mass is 32.1. The number of aliphatic carboxylic acids is 2. The van der Waals surface area contributed by atoms with Gasteiger partial charge < -0.3 is 14.6 Å². The molecular weight excluding hydrogens is 396 g/mol. The van der Waals surface area contributed by atoms with Gasteiger partial charge in [0.15, 0.2) is 5.82 Å². The predicted molar refractivity (Wildman–Crippen MR) is 109 cm³/mol. The average Bonchev–Trinajstić information content (AvgIpc) is 3.35. The summed E-state index contributed by atoms with van der Waals surface area (Å²) in [5.74, 6) is -1.27. The van der Waals surface area contributed by atoms with E-state index in [1.807, 2.05) is 23.5 Å². The van der Waals surface area contributed by atoms with Gasteiger partial charge in [-0.05, 0) is 43.4 Å². The number of aryl methyl sites for hydroxylation is 3. The van der Waals surface area contributed by atoms with E-state index in [0.29, 0.717) is 5.76 Å². The highest BCUT2D eigenvalue weighted by Crippen LogP contribution is 2.38. The van der Waals surface area contributed by atoms with Crippen molar-refractivity contribution in [1.82, 2.24) is 9.97 Å². The van der Waals surface area contributed by atoms with Crippen molar-refractivity contribution in [3.05, 3.63) is 40.4 Å². The predicted octanol–water partition coefficient (Wildman–Crippen LogP) is 3.33. The molecule has 3 aromatic heterocycles. The maximum Gasteiger partial charge on any atom is 0.414 e. The van der Waals surface area contributed by atoms with E-state index in [1.165, 1.54) is 23.3 Å². The van der Waals surface area contributed by atoms with Gasteiger partial charge in [0.05, 0.1) is 17.9 Å². The van der Waals surface area contributed by atoms with Gasteiger partial charge in [-0.25, -0.2) is 19.6 Å². The largest absolute Gasteiger partial charge is 0.473 e. The Morgan fingerprint density at radius 1 is 1.28 bits per heavy atom. The molecule has 0 atom stereocenters. The van der Waals surface area contributed by atoms with Crippen LogP contribution in [0.3, 0.4) is 0 Å². The monoisotopic (exact) mass is 416 g/mol. The van der Waals surface area contributed by atoms with E-state index in [9.17, 15) is 0 Å². The number of hydrogen-bond donors (Lipinski definition) is 3. The molecule has 0 spiro atoms. The number of aromatic nitrogens is 2. The van der Waals surface area contributed by atoms with Gasteiger partial charge in [-0.15, -0.1) is 11.3 Å². The van der Waals surface area contributed by atoms with Crippen molar-refractivity contribution in [3.8, 4) is 0 Å². The number of nitrogens with one attached hydrogen (secondary N) is 1. The molecule has 0 aliphatic heterocycles. The summed E-state index contributed by atoms with van der Waals surface area (Å²) in [5, 5.41) is 20.2. The Hall–Kier alpha value is -3.27. The second kappa shape index (κ2) is 9.28. The zero-order valence-electron chi connectivity index (χ0n) is 15.7. The highest BCUT2D eigenvalue weighted by Gasteiger charge is 2.20. The molecule has 0 radical (unpaired) electrons. The van der Waals surface area contributed by atoms with E-state index in [1.54, 1.807) is 12.5 Å². The summed E-state index contributed by atoms with van der Waals surface area (Å²) >= 11 is 1.81. The van der Waals surface area contributed by atoms with E-state index < -0.39 is 11.9 Å². The van der Waals surface area contributed by atoms with Crippen molar-refractivity contribution in [2.75, 3.05) is 5.43 Å². The van der Waals surface area contributed by atoms with E-state index in [-0.39, 0.29) is 0 Å². The molecular formula is C19H20N4O5S. The van der Waals surface area contributed by atoms with E-state index >= 15 is 0 Å².